The van der Waals surface area contributed by atoms with Crippen molar-refractivity contribution in [3.8, 4) is 0 Å². The van der Waals surface area contributed by atoms with E-state index in [0.717, 1.165) is 18.0 Å². The van der Waals surface area contributed by atoms with Crippen LogP contribution >= 0.6 is 11.3 Å². The van der Waals surface area contributed by atoms with Crippen LogP contribution in [0.4, 0.5) is 0 Å². The Kier molecular flexibility index (Phi) is 3.03. The van der Waals surface area contributed by atoms with Crippen molar-refractivity contribution in [2.75, 3.05) is 0 Å². The number of aryl methyl sites for hydroxylation is 1. The average Bonchev–Trinajstić information content (AvgIpc) is 2.30. The first-order valence-corrected chi connectivity index (χ1v) is 4.99. The van der Waals surface area contributed by atoms with Crippen molar-refractivity contribution in [1.82, 2.24) is 9.78 Å². The molecule has 0 aliphatic heterocycles. The summed E-state index contributed by atoms with van der Waals surface area (Å²) < 4.78 is 1.56. The molecule has 1 aromatic rings. The lowest BCUT2D eigenvalue weighted by Gasteiger charge is -2.05. The third kappa shape index (κ3) is 2.17. The van der Waals surface area contributed by atoms with Crippen LogP contribution in [0.5, 0.6) is 0 Å². The monoisotopic (exact) mass is 186 g/mol. The summed E-state index contributed by atoms with van der Waals surface area (Å²) in [7, 11) is 0. The Morgan fingerprint density at radius 1 is 1.67 bits per heavy atom. The molecule has 1 rings (SSSR count). The van der Waals surface area contributed by atoms with Crippen molar-refractivity contribution < 1.29 is 0 Å². The van der Waals surface area contributed by atoms with Gasteiger partial charge in [0.1, 0.15) is 5.01 Å². The lowest BCUT2D eigenvalue weighted by atomic mass is 10.1. The van der Waals surface area contributed by atoms with Gasteiger partial charge in [0.05, 0.1) is 0 Å². The van der Waals surface area contributed by atoms with E-state index in [2.05, 4.69) is 18.9 Å². The Labute approximate surface area is 76.0 Å². The Hall–Kier alpha value is -0.640. The minimum Gasteiger partial charge on any atom is -0.255 e. The summed E-state index contributed by atoms with van der Waals surface area (Å²) >= 11 is 1.22. The SMILES string of the molecule is CCC(C)Cn1nc(C)sc1=O. The second kappa shape index (κ2) is 3.85. The zero-order chi connectivity index (χ0) is 9.14. The third-order valence-corrected chi connectivity index (χ3v) is 2.65. The summed E-state index contributed by atoms with van der Waals surface area (Å²) in [6.07, 6.45) is 1.09. The molecule has 1 atom stereocenters. The zero-order valence-electron chi connectivity index (χ0n) is 7.70. The molecule has 0 bridgehead atoms. The first-order chi connectivity index (χ1) is 5.63. The van der Waals surface area contributed by atoms with E-state index in [4.69, 9.17) is 0 Å². The fourth-order valence-corrected chi connectivity index (χ4v) is 1.56. The van der Waals surface area contributed by atoms with E-state index in [9.17, 15) is 4.79 Å². The van der Waals surface area contributed by atoms with Crippen molar-refractivity contribution in [3.63, 3.8) is 0 Å². The molecule has 0 fully saturated rings. The van der Waals surface area contributed by atoms with E-state index in [1.807, 2.05) is 6.92 Å². The number of aromatic nitrogens is 2. The van der Waals surface area contributed by atoms with Gasteiger partial charge in [0.15, 0.2) is 0 Å². The van der Waals surface area contributed by atoms with Gasteiger partial charge in [-0.05, 0) is 12.8 Å². The molecule has 0 spiro atoms. The normalized spacial score (nSPS) is 13.2. The van der Waals surface area contributed by atoms with E-state index in [1.165, 1.54) is 11.3 Å². The maximum Gasteiger partial charge on any atom is 0.325 e. The first kappa shape index (κ1) is 9.45. The van der Waals surface area contributed by atoms with Crippen molar-refractivity contribution in [3.05, 3.63) is 14.7 Å². The van der Waals surface area contributed by atoms with Crippen molar-refractivity contribution >= 4 is 11.3 Å². The molecule has 0 N–H and O–H groups in total. The summed E-state index contributed by atoms with van der Waals surface area (Å²) in [4.78, 5) is 11.3. The predicted octanol–water partition coefficient (Wildman–Crippen LogP) is 1.66. The van der Waals surface area contributed by atoms with Gasteiger partial charge in [-0.15, -0.1) is 0 Å². The van der Waals surface area contributed by atoms with Crippen LogP contribution in [-0.4, -0.2) is 9.78 Å². The molecule has 1 unspecified atom stereocenters. The minimum atomic E-state index is 0.0628. The van der Waals surface area contributed by atoms with Crippen molar-refractivity contribution in [2.45, 2.75) is 33.7 Å². The minimum absolute atomic E-state index is 0.0628. The molecule has 0 aliphatic carbocycles. The molecule has 0 saturated carbocycles. The summed E-state index contributed by atoms with van der Waals surface area (Å²) in [5, 5.41) is 4.97. The fraction of sp³-hybridized carbons (Fsp3) is 0.750. The Morgan fingerprint density at radius 3 is 2.75 bits per heavy atom. The van der Waals surface area contributed by atoms with Crippen molar-refractivity contribution in [1.29, 1.82) is 0 Å². The quantitative estimate of drug-likeness (QED) is 0.719. The van der Waals surface area contributed by atoms with Gasteiger partial charge in [-0.3, -0.25) is 4.79 Å². The van der Waals surface area contributed by atoms with Crippen LogP contribution in [0, 0.1) is 12.8 Å². The van der Waals surface area contributed by atoms with Gasteiger partial charge in [0.2, 0.25) is 0 Å². The first-order valence-electron chi connectivity index (χ1n) is 4.18. The summed E-state index contributed by atoms with van der Waals surface area (Å²) in [6, 6.07) is 0. The van der Waals surface area contributed by atoms with Crippen LogP contribution in [-0.2, 0) is 6.54 Å². The molecule has 68 valence electrons. The molecule has 0 aromatic carbocycles. The van der Waals surface area contributed by atoms with E-state index < -0.39 is 0 Å². The van der Waals surface area contributed by atoms with Crippen LogP contribution < -0.4 is 4.87 Å². The smallest absolute Gasteiger partial charge is 0.255 e. The van der Waals surface area contributed by atoms with Crippen LogP contribution in [0.2, 0.25) is 0 Å². The summed E-state index contributed by atoms with van der Waals surface area (Å²) in [6.45, 7) is 6.86. The molecule has 3 nitrogen and oxygen atoms in total. The molecule has 0 amide bonds. The van der Waals surface area contributed by atoms with Gasteiger partial charge < -0.3 is 0 Å². The topological polar surface area (TPSA) is 34.9 Å². The van der Waals surface area contributed by atoms with Gasteiger partial charge in [-0.25, -0.2) is 4.68 Å². The molecule has 0 aliphatic rings. The highest BCUT2D eigenvalue weighted by molar-refractivity contribution is 7.08. The largest absolute Gasteiger partial charge is 0.325 e. The molecule has 4 heteroatoms. The lowest BCUT2D eigenvalue weighted by molar-refractivity contribution is 0.431. The molecular weight excluding hydrogens is 172 g/mol. The maximum absolute atomic E-state index is 11.2. The lowest BCUT2D eigenvalue weighted by Crippen LogP contribution is -2.18. The van der Waals surface area contributed by atoms with E-state index in [1.54, 1.807) is 4.68 Å². The number of hydrogen-bond acceptors (Lipinski definition) is 3. The van der Waals surface area contributed by atoms with Gasteiger partial charge in [-0.1, -0.05) is 31.6 Å². The highest BCUT2D eigenvalue weighted by atomic mass is 32.1. The van der Waals surface area contributed by atoms with Crippen LogP contribution in [0.15, 0.2) is 4.79 Å². The maximum atomic E-state index is 11.2. The Bertz CT molecular complexity index is 302. The summed E-state index contributed by atoms with van der Waals surface area (Å²) in [5.41, 5.74) is 0. The zero-order valence-corrected chi connectivity index (χ0v) is 8.52. The third-order valence-electron chi connectivity index (χ3n) is 1.89. The second-order valence-corrected chi connectivity index (χ2v) is 4.23. The number of rotatable bonds is 3. The highest BCUT2D eigenvalue weighted by Gasteiger charge is 2.05. The molecular formula is C8H14N2OS. The highest BCUT2D eigenvalue weighted by Crippen LogP contribution is 2.03. The average molecular weight is 186 g/mol. The predicted molar refractivity (Wildman–Crippen MR) is 50.6 cm³/mol. The van der Waals surface area contributed by atoms with E-state index in [0.29, 0.717) is 5.92 Å². The fourth-order valence-electron chi connectivity index (χ4n) is 0.950. The Balaban J connectivity index is 2.75. The summed E-state index contributed by atoms with van der Waals surface area (Å²) in [5.74, 6) is 0.532. The molecule has 1 aromatic heterocycles. The Morgan fingerprint density at radius 2 is 2.33 bits per heavy atom. The molecule has 12 heavy (non-hydrogen) atoms. The molecule has 0 radical (unpaired) electrons. The second-order valence-electron chi connectivity index (χ2n) is 3.08. The van der Waals surface area contributed by atoms with Crippen LogP contribution in [0.25, 0.3) is 0 Å². The van der Waals surface area contributed by atoms with Gasteiger partial charge in [-0.2, -0.15) is 5.10 Å². The van der Waals surface area contributed by atoms with Gasteiger partial charge >= 0.3 is 4.87 Å². The van der Waals surface area contributed by atoms with Gasteiger partial charge in [0.25, 0.3) is 0 Å². The van der Waals surface area contributed by atoms with Gasteiger partial charge in [0, 0.05) is 6.54 Å². The van der Waals surface area contributed by atoms with Crippen LogP contribution in [0.3, 0.4) is 0 Å². The van der Waals surface area contributed by atoms with Crippen molar-refractivity contribution in [2.24, 2.45) is 5.92 Å². The number of hydrogen-bond donors (Lipinski definition) is 0. The molecule has 0 saturated heterocycles. The number of nitrogens with zero attached hydrogens (tertiary/aromatic N) is 2. The van der Waals surface area contributed by atoms with E-state index >= 15 is 0 Å². The standard InChI is InChI=1S/C8H14N2OS/c1-4-6(2)5-10-8(11)12-7(3)9-10/h6H,4-5H2,1-3H3. The van der Waals surface area contributed by atoms with Crippen LogP contribution in [0.1, 0.15) is 25.3 Å². The van der Waals surface area contributed by atoms with E-state index in [-0.39, 0.29) is 4.87 Å². The molecule has 1 heterocycles.